The Kier molecular flexibility index (Phi) is 4.69. The smallest absolute Gasteiger partial charge is 0.137 e. The number of nitrogens with one attached hydrogen (secondary N) is 1. The maximum atomic E-state index is 13.7. The topological polar surface area (TPSA) is 64.3 Å². The van der Waals surface area contributed by atoms with Crippen LogP contribution >= 0.6 is 0 Å². The first-order valence-corrected chi connectivity index (χ1v) is 10.6. The summed E-state index contributed by atoms with van der Waals surface area (Å²) >= 11 is 0. The fraction of sp³-hybridized carbons (Fsp3) is 0.240. The van der Waals surface area contributed by atoms with Crippen LogP contribution < -0.4 is 0 Å². The minimum Gasteiger partial charge on any atom is -0.346 e. The average Bonchev–Trinajstić information content (AvgIpc) is 3.45. The number of pyridine rings is 1. The molecule has 4 heterocycles. The van der Waals surface area contributed by atoms with Gasteiger partial charge in [0.25, 0.3) is 0 Å². The van der Waals surface area contributed by atoms with Crippen LogP contribution in [0.1, 0.15) is 32.0 Å². The second-order valence-corrected chi connectivity index (χ2v) is 9.19. The summed E-state index contributed by atoms with van der Waals surface area (Å²) in [6.45, 7) is 6.96. The van der Waals surface area contributed by atoms with Crippen molar-refractivity contribution in [3.63, 3.8) is 0 Å². The number of benzene rings is 1. The number of H-pyrrole nitrogens is 1. The van der Waals surface area contributed by atoms with Gasteiger partial charge in [-0.3, -0.25) is 9.36 Å². The van der Waals surface area contributed by atoms with E-state index in [1.54, 1.807) is 16.8 Å². The lowest BCUT2D eigenvalue weighted by Crippen LogP contribution is -2.14. The molecule has 0 atom stereocenters. The molecule has 6 nitrogen and oxygen atoms in total. The van der Waals surface area contributed by atoms with Gasteiger partial charge in [0.2, 0.25) is 0 Å². The zero-order valence-corrected chi connectivity index (χ0v) is 18.6. The van der Waals surface area contributed by atoms with Gasteiger partial charge in [-0.15, -0.1) is 0 Å². The van der Waals surface area contributed by atoms with E-state index in [9.17, 15) is 4.39 Å². The van der Waals surface area contributed by atoms with Crippen LogP contribution in [-0.4, -0.2) is 29.5 Å². The highest BCUT2D eigenvalue weighted by Crippen LogP contribution is 2.37. The number of fused-ring (bicyclic) bond motifs is 1. The van der Waals surface area contributed by atoms with Gasteiger partial charge in [0, 0.05) is 64.9 Å². The maximum Gasteiger partial charge on any atom is 0.137 e. The normalized spacial score (nSPS) is 12.0. The van der Waals surface area contributed by atoms with Gasteiger partial charge in [-0.25, -0.2) is 9.37 Å². The van der Waals surface area contributed by atoms with Gasteiger partial charge in [-0.1, -0.05) is 32.9 Å². The third kappa shape index (κ3) is 3.70. The zero-order valence-electron chi connectivity index (χ0n) is 18.6. The van der Waals surface area contributed by atoms with E-state index in [2.05, 4.69) is 41.9 Å². The van der Waals surface area contributed by atoms with E-state index in [1.165, 1.54) is 6.07 Å². The first-order chi connectivity index (χ1) is 15.3. The minimum absolute atomic E-state index is 0.166. The van der Waals surface area contributed by atoms with Crippen LogP contribution in [0, 0.1) is 5.82 Å². The fourth-order valence-corrected chi connectivity index (χ4v) is 4.03. The van der Waals surface area contributed by atoms with E-state index >= 15 is 0 Å². The Balaban J connectivity index is 1.62. The van der Waals surface area contributed by atoms with Crippen molar-refractivity contribution in [3.8, 4) is 22.3 Å². The average molecular weight is 429 g/mol. The van der Waals surface area contributed by atoms with Crippen LogP contribution in [0.5, 0.6) is 0 Å². The van der Waals surface area contributed by atoms with Crippen LogP contribution in [0.15, 0.2) is 61.3 Å². The van der Waals surface area contributed by atoms with Gasteiger partial charge in [0.15, 0.2) is 0 Å². The van der Waals surface area contributed by atoms with E-state index in [0.29, 0.717) is 6.54 Å². The Hall–Kier alpha value is -3.74. The molecule has 5 aromatic rings. The number of nitrogens with zero attached hydrogens (tertiary/aromatic N) is 5. The van der Waals surface area contributed by atoms with Crippen molar-refractivity contribution in [1.29, 1.82) is 0 Å². The summed E-state index contributed by atoms with van der Waals surface area (Å²) < 4.78 is 17.3. The van der Waals surface area contributed by atoms with Crippen molar-refractivity contribution in [3.05, 3.63) is 78.4 Å². The van der Waals surface area contributed by atoms with Gasteiger partial charge >= 0.3 is 0 Å². The summed E-state index contributed by atoms with van der Waals surface area (Å²) in [6, 6.07) is 8.79. The van der Waals surface area contributed by atoms with Crippen molar-refractivity contribution >= 4 is 11.0 Å². The largest absolute Gasteiger partial charge is 0.346 e. The molecule has 0 aliphatic heterocycles. The summed E-state index contributed by atoms with van der Waals surface area (Å²) in [5.74, 6) is -0.239. The number of halogens is 1. The van der Waals surface area contributed by atoms with Gasteiger partial charge in [0.1, 0.15) is 11.5 Å². The minimum atomic E-state index is -0.239. The first kappa shape index (κ1) is 20.2. The number of aryl methyl sites for hydroxylation is 1. The fourth-order valence-electron chi connectivity index (χ4n) is 4.03. The van der Waals surface area contributed by atoms with Crippen LogP contribution in [0.2, 0.25) is 0 Å². The van der Waals surface area contributed by atoms with Crippen molar-refractivity contribution < 1.29 is 4.39 Å². The molecule has 0 fully saturated rings. The summed E-state index contributed by atoms with van der Waals surface area (Å²) in [4.78, 5) is 7.92. The second kappa shape index (κ2) is 7.44. The molecule has 1 N–H and O–H groups in total. The lowest BCUT2D eigenvalue weighted by atomic mass is 9.87. The van der Waals surface area contributed by atoms with E-state index in [4.69, 9.17) is 5.10 Å². The standard InChI is InChI=1S/C25H25FN6/c1-25(2,3)23-22(15-32(30-23)13-16-6-5-7-19(26)8-16)21-12-28-24-20(21)9-17(10-27-24)18-11-29-31(4)14-18/h5-12,14-15H,13H2,1-4H3,(H,27,28). The summed E-state index contributed by atoms with van der Waals surface area (Å²) in [5, 5.41) is 10.2. The highest BCUT2D eigenvalue weighted by Gasteiger charge is 2.25. The molecule has 7 heteroatoms. The molecule has 0 saturated carbocycles. The molecule has 0 amide bonds. The number of rotatable bonds is 4. The highest BCUT2D eigenvalue weighted by atomic mass is 19.1. The molecule has 162 valence electrons. The molecule has 0 aliphatic rings. The van der Waals surface area contributed by atoms with Gasteiger partial charge < -0.3 is 4.98 Å². The van der Waals surface area contributed by atoms with Crippen LogP contribution in [0.3, 0.4) is 0 Å². The lowest BCUT2D eigenvalue weighted by Gasteiger charge is -2.17. The molecule has 0 unspecified atom stereocenters. The number of aromatic amines is 1. The number of aromatic nitrogens is 6. The summed E-state index contributed by atoms with van der Waals surface area (Å²) in [5.41, 5.74) is 6.65. The molecule has 0 spiro atoms. The molecule has 1 aromatic carbocycles. The Morgan fingerprint density at radius 3 is 2.59 bits per heavy atom. The number of hydrogen-bond acceptors (Lipinski definition) is 3. The Bertz CT molecular complexity index is 1420. The SMILES string of the molecule is Cn1cc(-c2cnc3[nH]cc(-c4cn(Cc5cccc(F)c5)nc4C(C)(C)C)c3c2)cn1. The van der Waals surface area contributed by atoms with Gasteiger partial charge in [-0.2, -0.15) is 10.2 Å². The molecule has 5 rings (SSSR count). The summed E-state index contributed by atoms with van der Waals surface area (Å²) in [7, 11) is 1.90. The van der Waals surface area contributed by atoms with Crippen molar-refractivity contribution in [2.45, 2.75) is 32.7 Å². The third-order valence-electron chi connectivity index (χ3n) is 5.57. The molecule has 4 aromatic heterocycles. The van der Waals surface area contributed by atoms with Gasteiger partial charge in [0.05, 0.1) is 18.4 Å². The highest BCUT2D eigenvalue weighted by molar-refractivity contribution is 5.96. The van der Waals surface area contributed by atoms with E-state index in [0.717, 1.165) is 44.5 Å². The zero-order chi connectivity index (χ0) is 22.5. The Morgan fingerprint density at radius 2 is 1.88 bits per heavy atom. The quantitative estimate of drug-likeness (QED) is 0.422. The van der Waals surface area contributed by atoms with Crippen molar-refractivity contribution in [2.75, 3.05) is 0 Å². The molecular formula is C25H25FN6. The monoisotopic (exact) mass is 428 g/mol. The number of hydrogen-bond donors (Lipinski definition) is 1. The van der Waals surface area contributed by atoms with Crippen molar-refractivity contribution in [2.24, 2.45) is 7.05 Å². The predicted octanol–water partition coefficient (Wildman–Crippen LogP) is 5.31. The first-order valence-electron chi connectivity index (χ1n) is 10.6. The Labute approximate surface area is 185 Å². The van der Waals surface area contributed by atoms with Crippen LogP contribution in [0.25, 0.3) is 33.3 Å². The lowest BCUT2D eigenvalue weighted by molar-refractivity contribution is 0.545. The molecular weight excluding hydrogens is 403 g/mol. The Morgan fingerprint density at radius 1 is 1.03 bits per heavy atom. The van der Waals surface area contributed by atoms with E-state index in [-0.39, 0.29) is 11.2 Å². The molecule has 0 saturated heterocycles. The molecule has 32 heavy (non-hydrogen) atoms. The predicted molar refractivity (Wildman–Crippen MR) is 124 cm³/mol. The van der Waals surface area contributed by atoms with Gasteiger partial charge in [-0.05, 0) is 23.8 Å². The van der Waals surface area contributed by atoms with E-state index < -0.39 is 0 Å². The van der Waals surface area contributed by atoms with Crippen molar-refractivity contribution in [1.82, 2.24) is 29.5 Å². The molecule has 0 radical (unpaired) electrons. The van der Waals surface area contributed by atoms with Crippen LogP contribution in [-0.2, 0) is 19.0 Å². The third-order valence-corrected chi connectivity index (χ3v) is 5.57. The molecule has 0 bridgehead atoms. The summed E-state index contributed by atoms with van der Waals surface area (Å²) in [6.07, 6.45) is 9.71. The molecule has 0 aliphatic carbocycles. The maximum absolute atomic E-state index is 13.7. The van der Waals surface area contributed by atoms with E-state index in [1.807, 2.05) is 48.8 Å². The van der Waals surface area contributed by atoms with Crippen LogP contribution in [0.4, 0.5) is 4.39 Å². The second-order valence-electron chi connectivity index (χ2n) is 9.19.